The Hall–Kier alpha value is 1.99. The van der Waals surface area contributed by atoms with E-state index in [0.29, 0.717) is 0 Å². The van der Waals surface area contributed by atoms with Crippen LogP contribution < -0.4 is 0 Å². The fourth-order valence-electron chi connectivity index (χ4n) is 0. The summed E-state index contributed by atoms with van der Waals surface area (Å²) < 4.78 is 19.3. The minimum absolute atomic E-state index is 0. The molecular weight excluding hydrogens is 393 g/mol. The van der Waals surface area contributed by atoms with E-state index >= 15 is 0 Å². The first-order chi connectivity index (χ1) is 3.00. The second-order valence-corrected chi connectivity index (χ2v) is 3.43. The van der Waals surface area contributed by atoms with Crippen molar-refractivity contribution in [2.24, 2.45) is 0 Å². The molecule has 0 fully saturated rings. The third-order valence-electron chi connectivity index (χ3n) is 0. The van der Waals surface area contributed by atoms with E-state index in [1.54, 1.807) is 0 Å². The summed E-state index contributed by atoms with van der Waals surface area (Å²) in [6.07, 6.45) is 2.32. The van der Waals surface area contributed by atoms with Crippen molar-refractivity contribution in [1.82, 2.24) is 0 Å². The first-order valence-corrected chi connectivity index (χ1v) is 9.88. The Balaban J connectivity index is -0.0000000750. The molecule has 0 spiro atoms. The summed E-state index contributed by atoms with van der Waals surface area (Å²) in [6.45, 7) is 0. The molecule has 2 nitrogen and oxygen atoms in total. The van der Waals surface area contributed by atoms with E-state index in [1.165, 1.54) is 0 Å². The zero-order valence-electron chi connectivity index (χ0n) is 4.43. The number of rotatable bonds is 0. The van der Waals surface area contributed by atoms with Crippen LogP contribution in [0.4, 0.5) is 0 Å². The Labute approximate surface area is 85.3 Å². The molecule has 0 saturated carbocycles. The fourth-order valence-corrected chi connectivity index (χ4v) is 0. The van der Waals surface area contributed by atoms with Gasteiger partial charge < -0.3 is 0 Å². The van der Waals surface area contributed by atoms with Crippen molar-refractivity contribution in [1.29, 1.82) is 0 Å². The summed E-state index contributed by atoms with van der Waals surface area (Å²) in [5, 5.41) is 0. The predicted molar refractivity (Wildman–Crippen MR) is 48.8 cm³/mol. The van der Waals surface area contributed by atoms with Crippen LogP contribution in [0, 0.1) is 0 Å². The van der Waals surface area contributed by atoms with Gasteiger partial charge in [-0.3, -0.25) is 0 Å². The normalized spacial score (nSPS) is 8.00. The molecular formula is C2H6I2O2SV. The van der Waals surface area contributed by atoms with Gasteiger partial charge in [-0.05, 0) is 0 Å². The standard InChI is InChI=1S/C2H6O2S.I2.V/c1-5(2,3)4;1-2;/h1-2H3;;. The maximum absolute atomic E-state index is 9.63. The Morgan fingerprint density at radius 3 is 1.12 bits per heavy atom. The summed E-state index contributed by atoms with van der Waals surface area (Å²) in [6, 6.07) is 0. The number of halogens is 2. The molecule has 0 aliphatic rings. The van der Waals surface area contributed by atoms with Gasteiger partial charge in [0.2, 0.25) is 0 Å². The van der Waals surface area contributed by atoms with Gasteiger partial charge in [0.05, 0.1) is 0 Å². The zero-order valence-corrected chi connectivity index (χ0v) is 11.0. The van der Waals surface area contributed by atoms with Crippen molar-refractivity contribution in [2.75, 3.05) is 12.5 Å². The van der Waals surface area contributed by atoms with Crippen LogP contribution in [-0.4, -0.2) is 20.9 Å². The molecule has 0 heterocycles. The van der Waals surface area contributed by atoms with E-state index in [0.717, 1.165) is 12.5 Å². The first-order valence-electron chi connectivity index (χ1n) is 1.29. The summed E-state index contributed by atoms with van der Waals surface area (Å²) >= 11 is 4.24. The third-order valence-corrected chi connectivity index (χ3v) is 0. The summed E-state index contributed by atoms with van der Waals surface area (Å²) in [4.78, 5) is 0. The minimum Gasteiger partial charge on any atom is -0.229 e. The van der Waals surface area contributed by atoms with Crippen LogP contribution in [-0.2, 0) is 28.4 Å². The van der Waals surface area contributed by atoms with Crippen molar-refractivity contribution in [2.45, 2.75) is 0 Å². The molecule has 0 bridgehead atoms. The minimum atomic E-state index is -2.67. The molecule has 6 heteroatoms. The maximum atomic E-state index is 9.63. The fraction of sp³-hybridized carbons (Fsp3) is 1.00. The molecule has 0 aliphatic heterocycles. The van der Waals surface area contributed by atoms with E-state index in [2.05, 4.69) is 37.2 Å². The quantitative estimate of drug-likeness (QED) is 0.578. The second kappa shape index (κ2) is 8.99. The Kier molecular flexibility index (Phi) is 18.6. The smallest absolute Gasteiger partial charge is 0.144 e. The molecule has 0 aromatic carbocycles. The van der Waals surface area contributed by atoms with Gasteiger partial charge in [-0.2, -0.15) is 0 Å². The van der Waals surface area contributed by atoms with E-state index in [9.17, 15) is 8.42 Å². The number of hydrogen-bond donors (Lipinski definition) is 0. The molecule has 1 radical (unpaired) electrons. The molecule has 0 atom stereocenters. The van der Waals surface area contributed by atoms with Crippen molar-refractivity contribution < 1.29 is 27.0 Å². The van der Waals surface area contributed by atoms with Crippen molar-refractivity contribution >= 4 is 47.1 Å². The average Bonchev–Trinajstić information content (AvgIpc) is 1.36. The van der Waals surface area contributed by atoms with Crippen LogP contribution in [0.25, 0.3) is 0 Å². The van der Waals surface area contributed by atoms with Crippen LogP contribution in [0.1, 0.15) is 0 Å². The van der Waals surface area contributed by atoms with Gasteiger partial charge >= 0.3 is 0 Å². The van der Waals surface area contributed by atoms with Crippen LogP contribution in [0.3, 0.4) is 0 Å². The van der Waals surface area contributed by atoms with Gasteiger partial charge in [0.25, 0.3) is 0 Å². The average molecular weight is 399 g/mol. The Morgan fingerprint density at radius 2 is 1.12 bits per heavy atom. The first kappa shape index (κ1) is 16.5. The van der Waals surface area contributed by atoms with E-state index in [1.807, 2.05) is 0 Å². The molecule has 0 aromatic rings. The number of sulfone groups is 1. The molecule has 8 heavy (non-hydrogen) atoms. The molecule has 0 rings (SSSR count). The molecule has 0 aromatic heterocycles. The SMILES string of the molecule is CS(C)(=O)=O.II.[V]. The van der Waals surface area contributed by atoms with Crippen molar-refractivity contribution in [3.8, 4) is 0 Å². The number of hydrogen-bond acceptors (Lipinski definition) is 2. The van der Waals surface area contributed by atoms with Crippen molar-refractivity contribution in [3.63, 3.8) is 0 Å². The Bertz CT molecular complexity index is 101. The monoisotopic (exact) mass is 399 g/mol. The Morgan fingerprint density at radius 1 is 1.12 bits per heavy atom. The maximum Gasteiger partial charge on any atom is 0.144 e. The van der Waals surface area contributed by atoms with Gasteiger partial charge in [0.15, 0.2) is 0 Å². The van der Waals surface area contributed by atoms with E-state index in [4.69, 9.17) is 0 Å². The summed E-state index contributed by atoms with van der Waals surface area (Å²) in [5.41, 5.74) is 0. The summed E-state index contributed by atoms with van der Waals surface area (Å²) in [5.74, 6) is 0. The van der Waals surface area contributed by atoms with E-state index in [-0.39, 0.29) is 18.6 Å². The van der Waals surface area contributed by atoms with Gasteiger partial charge in [-0.25, -0.2) is 8.42 Å². The van der Waals surface area contributed by atoms with Crippen LogP contribution >= 0.6 is 37.2 Å². The second-order valence-electron chi connectivity index (χ2n) is 1.14. The van der Waals surface area contributed by atoms with Crippen LogP contribution in [0.15, 0.2) is 0 Å². The molecule has 0 unspecified atom stereocenters. The van der Waals surface area contributed by atoms with Gasteiger partial charge in [-0.1, -0.05) is 0 Å². The molecule has 0 aliphatic carbocycles. The van der Waals surface area contributed by atoms with Gasteiger partial charge in [0, 0.05) is 68.3 Å². The largest absolute Gasteiger partial charge is 0.229 e. The zero-order chi connectivity index (χ0) is 6.50. The molecule has 0 N–H and O–H groups in total. The van der Waals surface area contributed by atoms with Crippen LogP contribution in [0.2, 0.25) is 0 Å². The van der Waals surface area contributed by atoms with Gasteiger partial charge in [0.1, 0.15) is 9.84 Å². The molecule has 0 saturated heterocycles. The third kappa shape index (κ3) is 98.3. The van der Waals surface area contributed by atoms with E-state index < -0.39 is 9.84 Å². The summed E-state index contributed by atoms with van der Waals surface area (Å²) in [7, 11) is -2.67. The van der Waals surface area contributed by atoms with Gasteiger partial charge in [-0.15, -0.1) is 0 Å². The molecule has 51 valence electrons. The topological polar surface area (TPSA) is 34.1 Å². The van der Waals surface area contributed by atoms with Crippen molar-refractivity contribution in [3.05, 3.63) is 0 Å². The molecule has 0 amide bonds. The van der Waals surface area contributed by atoms with Crippen LogP contribution in [0.5, 0.6) is 0 Å². The predicted octanol–water partition coefficient (Wildman–Crippen LogP) is 1.43.